The predicted molar refractivity (Wildman–Crippen MR) is 38.6 cm³/mol. The van der Waals surface area contributed by atoms with E-state index in [1.807, 2.05) is 0 Å². The average molecular weight is 180 g/mol. The summed E-state index contributed by atoms with van der Waals surface area (Å²) in [5.74, 6) is 0. The molecule has 0 spiro atoms. The molecule has 1 fully saturated rings. The largest absolute Gasteiger partial charge is 0.417 e. The molecule has 0 aromatic rings. The second kappa shape index (κ2) is 3.47. The molecule has 0 saturated heterocycles. The van der Waals surface area contributed by atoms with E-state index in [2.05, 4.69) is 0 Å². The fourth-order valence-electron chi connectivity index (χ4n) is 1.31. The fraction of sp³-hybridized carbons (Fsp3) is 0.750. The quantitative estimate of drug-likeness (QED) is 0.614. The van der Waals surface area contributed by atoms with Gasteiger partial charge < -0.3 is 5.11 Å². The molecule has 1 atom stereocenters. The number of aliphatic hydroxyl groups is 1. The van der Waals surface area contributed by atoms with Gasteiger partial charge in [-0.1, -0.05) is 5.57 Å². The Bertz CT molecular complexity index is 175. The van der Waals surface area contributed by atoms with Gasteiger partial charge in [0.2, 0.25) is 0 Å². The maximum Gasteiger partial charge on any atom is 0.417 e. The van der Waals surface area contributed by atoms with Crippen LogP contribution in [0, 0.1) is 0 Å². The normalized spacial score (nSPS) is 21.2. The Balaban J connectivity index is 2.54. The van der Waals surface area contributed by atoms with Gasteiger partial charge in [0.1, 0.15) is 0 Å². The van der Waals surface area contributed by atoms with Crippen molar-refractivity contribution < 1.29 is 18.3 Å². The smallest absolute Gasteiger partial charge is 0.380 e. The number of hydrogen-bond acceptors (Lipinski definition) is 1. The Morgan fingerprint density at radius 2 is 1.75 bits per heavy atom. The molecule has 0 heterocycles. The molecule has 0 aliphatic heterocycles. The van der Waals surface area contributed by atoms with E-state index >= 15 is 0 Å². The molecule has 1 N–H and O–H groups in total. The van der Waals surface area contributed by atoms with Gasteiger partial charge in [0.15, 0.2) is 6.10 Å². The number of rotatable bonds is 1. The maximum absolute atomic E-state index is 11.8. The second-order valence-corrected chi connectivity index (χ2v) is 3.02. The Morgan fingerprint density at radius 3 is 2.17 bits per heavy atom. The molecule has 0 aromatic heterocycles. The van der Waals surface area contributed by atoms with Crippen molar-refractivity contribution in [2.24, 2.45) is 0 Å². The number of aliphatic hydroxyl groups excluding tert-OH is 1. The van der Waals surface area contributed by atoms with Gasteiger partial charge in [0.25, 0.3) is 0 Å². The highest BCUT2D eigenvalue weighted by molar-refractivity contribution is 5.09. The van der Waals surface area contributed by atoms with Crippen LogP contribution in [0.15, 0.2) is 11.6 Å². The van der Waals surface area contributed by atoms with Gasteiger partial charge in [-0.05, 0) is 31.8 Å². The van der Waals surface area contributed by atoms with Crippen LogP contribution in [0.4, 0.5) is 13.2 Å². The van der Waals surface area contributed by atoms with Gasteiger partial charge in [-0.25, -0.2) is 0 Å². The molecule has 1 saturated carbocycles. The Kier molecular flexibility index (Phi) is 2.77. The fourth-order valence-corrected chi connectivity index (χ4v) is 1.31. The monoisotopic (exact) mass is 180 g/mol. The van der Waals surface area contributed by atoms with Crippen LogP contribution in [0.3, 0.4) is 0 Å². The van der Waals surface area contributed by atoms with Gasteiger partial charge in [0, 0.05) is 0 Å². The first-order chi connectivity index (χ1) is 5.50. The Labute approximate surface area is 68.9 Å². The van der Waals surface area contributed by atoms with E-state index < -0.39 is 12.3 Å². The minimum absolute atomic E-state index is 0.702. The van der Waals surface area contributed by atoms with Crippen LogP contribution >= 0.6 is 0 Å². The summed E-state index contributed by atoms with van der Waals surface area (Å²) in [5, 5.41) is 8.64. The van der Waals surface area contributed by atoms with E-state index in [1.54, 1.807) is 0 Å². The topological polar surface area (TPSA) is 20.2 Å². The molecule has 1 rings (SSSR count). The third kappa shape index (κ3) is 2.52. The molecule has 0 unspecified atom stereocenters. The molecule has 0 bridgehead atoms. The van der Waals surface area contributed by atoms with Crippen molar-refractivity contribution in [3.63, 3.8) is 0 Å². The van der Waals surface area contributed by atoms with Crippen LogP contribution in [-0.2, 0) is 0 Å². The van der Waals surface area contributed by atoms with Crippen molar-refractivity contribution >= 4 is 0 Å². The van der Waals surface area contributed by atoms with E-state index in [1.165, 1.54) is 0 Å². The molecule has 0 radical (unpaired) electrons. The lowest BCUT2D eigenvalue weighted by atomic mass is 10.1. The summed E-state index contributed by atoms with van der Waals surface area (Å²) in [4.78, 5) is 0. The molecule has 0 aromatic carbocycles. The van der Waals surface area contributed by atoms with Crippen LogP contribution in [0.25, 0.3) is 0 Å². The minimum Gasteiger partial charge on any atom is -0.380 e. The summed E-state index contributed by atoms with van der Waals surface area (Å²) in [5.41, 5.74) is 0.736. The van der Waals surface area contributed by atoms with Gasteiger partial charge >= 0.3 is 6.18 Å². The maximum atomic E-state index is 11.8. The molecular weight excluding hydrogens is 169 g/mol. The van der Waals surface area contributed by atoms with E-state index in [0.717, 1.165) is 24.5 Å². The molecule has 70 valence electrons. The van der Waals surface area contributed by atoms with Crippen molar-refractivity contribution in [3.05, 3.63) is 11.6 Å². The second-order valence-electron chi connectivity index (χ2n) is 3.02. The third-order valence-electron chi connectivity index (χ3n) is 1.97. The molecule has 1 aliphatic rings. The summed E-state index contributed by atoms with van der Waals surface area (Å²) in [6.45, 7) is 0. The average Bonchev–Trinajstić information content (AvgIpc) is 2.37. The highest BCUT2D eigenvalue weighted by Gasteiger charge is 2.36. The molecule has 1 nitrogen and oxygen atoms in total. The predicted octanol–water partition coefficient (Wildman–Crippen LogP) is 2.41. The molecular formula is C8H11F3O. The van der Waals surface area contributed by atoms with Gasteiger partial charge in [-0.15, -0.1) is 0 Å². The zero-order chi connectivity index (χ0) is 9.19. The summed E-state index contributed by atoms with van der Waals surface area (Å²) in [7, 11) is 0. The van der Waals surface area contributed by atoms with E-state index in [0.29, 0.717) is 12.8 Å². The first-order valence-corrected chi connectivity index (χ1v) is 3.94. The summed E-state index contributed by atoms with van der Waals surface area (Å²) in [6.07, 6.45) is -2.55. The van der Waals surface area contributed by atoms with Crippen LogP contribution < -0.4 is 0 Å². The number of allylic oxidation sites excluding steroid dienone is 1. The van der Waals surface area contributed by atoms with Crippen LogP contribution in [0.5, 0.6) is 0 Å². The van der Waals surface area contributed by atoms with Gasteiger partial charge in [-0.2, -0.15) is 13.2 Å². The highest BCUT2D eigenvalue weighted by Crippen LogP contribution is 2.28. The molecule has 1 aliphatic carbocycles. The zero-order valence-electron chi connectivity index (χ0n) is 6.56. The third-order valence-corrected chi connectivity index (χ3v) is 1.97. The van der Waals surface area contributed by atoms with Crippen molar-refractivity contribution in [1.82, 2.24) is 0 Å². The van der Waals surface area contributed by atoms with E-state index in [9.17, 15) is 13.2 Å². The van der Waals surface area contributed by atoms with Gasteiger partial charge in [-0.3, -0.25) is 0 Å². The zero-order valence-corrected chi connectivity index (χ0v) is 6.56. The first-order valence-electron chi connectivity index (χ1n) is 3.94. The van der Waals surface area contributed by atoms with Crippen LogP contribution in [-0.4, -0.2) is 17.4 Å². The Morgan fingerprint density at radius 1 is 1.25 bits per heavy atom. The molecule has 0 amide bonds. The number of halogens is 3. The number of hydrogen-bond donors (Lipinski definition) is 1. The minimum atomic E-state index is -4.50. The van der Waals surface area contributed by atoms with Crippen LogP contribution in [0.2, 0.25) is 0 Å². The Hall–Kier alpha value is -0.510. The molecule has 12 heavy (non-hydrogen) atoms. The van der Waals surface area contributed by atoms with Crippen molar-refractivity contribution in [3.8, 4) is 0 Å². The standard InChI is InChI=1S/C8H11F3O/c9-8(10,11)7(12)5-6-3-1-2-4-6/h5,7,12H,1-4H2/t7-/m1/s1. The first kappa shape index (κ1) is 9.58. The van der Waals surface area contributed by atoms with Crippen molar-refractivity contribution in [2.75, 3.05) is 0 Å². The summed E-state index contributed by atoms with van der Waals surface area (Å²) < 4.78 is 35.4. The van der Waals surface area contributed by atoms with E-state index in [-0.39, 0.29) is 0 Å². The SMILES string of the molecule is O[C@H](C=C1CCCC1)C(F)(F)F. The lowest BCUT2D eigenvalue weighted by Crippen LogP contribution is -2.26. The highest BCUT2D eigenvalue weighted by atomic mass is 19.4. The van der Waals surface area contributed by atoms with Crippen molar-refractivity contribution in [1.29, 1.82) is 0 Å². The lowest BCUT2D eigenvalue weighted by Gasteiger charge is -2.10. The molecule has 4 heteroatoms. The lowest BCUT2D eigenvalue weighted by molar-refractivity contribution is -0.188. The van der Waals surface area contributed by atoms with Crippen LogP contribution in [0.1, 0.15) is 25.7 Å². The summed E-state index contributed by atoms with van der Waals surface area (Å²) >= 11 is 0. The van der Waals surface area contributed by atoms with E-state index in [4.69, 9.17) is 5.11 Å². The van der Waals surface area contributed by atoms with Crippen molar-refractivity contribution in [2.45, 2.75) is 38.0 Å². The van der Waals surface area contributed by atoms with Gasteiger partial charge in [0.05, 0.1) is 0 Å². The number of alkyl halides is 3. The summed E-state index contributed by atoms with van der Waals surface area (Å²) in [6, 6.07) is 0.